The number of pyridine rings is 1. The Morgan fingerprint density at radius 3 is 2.78 bits per heavy atom. The molecule has 1 unspecified atom stereocenters. The van der Waals surface area contributed by atoms with Crippen LogP contribution in [0.4, 0.5) is 5.82 Å². The molecule has 1 aliphatic rings. The van der Waals surface area contributed by atoms with E-state index in [1.54, 1.807) is 11.3 Å². The SMILES string of the molecule is CCNC(=NCC(C)c1ccsc1)NC1CCN(c2ccccn2)CC1.I. The molecule has 1 fully saturated rings. The van der Waals surface area contributed by atoms with E-state index in [9.17, 15) is 0 Å². The van der Waals surface area contributed by atoms with E-state index >= 15 is 0 Å². The van der Waals surface area contributed by atoms with Crippen LogP contribution in [0, 0.1) is 0 Å². The summed E-state index contributed by atoms with van der Waals surface area (Å²) >= 11 is 1.75. The van der Waals surface area contributed by atoms with Gasteiger partial charge in [-0.25, -0.2) is 4.98 Å². The third kappa shape index (κ3) is 6.64. The second-order valence-electron chi connectivity index (χ2n) is 6.77. The normalized spacial score (nSPS) is 16.5. The summed E-state index contributed by atoms with van der Waals surface area (Å²) in [6, 6.07) is 8.76. The minimum Gasteiger partial charge on any atom is -0.357 e. The zero-order chi connectivity index (χ0) is 18.2. The van der Waals surface area contributed by atoms with Crippen LogP contribution in [-0.4, -0.2) is 43.2 Å². The maximum atomic E-state index is 4.81. The Morgan fingerprint density at radius 1 is 1.33 bits per heavy atom. The molecule has 0 saturated carbocycles. The minimum atomic E-state index is 0. The molecule has 0 amide bonds. The van der Waals surface area contributed by atoms with Crippen molar-refractivity contribution in [3.8, 4) is 0 Å². The third-order valence-corrected chi connectivity index (χ3v) is 5.49. The van der Waals surface area contributed by atoms with E-state index in [-0.39, 0.29) is 24.0 Å². The maximum absolute atomic E-state index is 4.81. The monoisotopic (exact) mass is 499 g/mol. The predicted molar refractivity (Wildman–Crippen MR) is 127 cm³/mol. The van der Waals surface area contributed by atoms with E-state index in [0.717, 1.165) is 50.8 Å². The van der Waals surface area contributed by atoms with Gasteiger partial charge in [-0.3, -0.25) is 4.99 Å². The zero-order valence-corrected chi connectivity index (χ0v) is 19.2. The molecule has 1 aliphatic heterocycles. The van der Waals surface area contributed by atoms with E-state index < -0.39 is 0 Å². The molecule has 7 heteroatoms. The summed E-state index contributed by atoms with van der Waals surface area (Å²) in [6.07, 6.45) is 4.06. The number of piperidine rings is 1. The molecule has 0 radical (unpaired) electrons. The standard InChI is InChI=1S/C20H29N5S.HI/c1-3-21-20(23-14-16(2)17-9-13-26-15-17)24-18-7-11-25(12-8-18)19-6-4-5-10-22-19;/h4-6,9-10,13,15-16,18H,3,7-8,11-12,14H2,1-2H3,(H2,21,23,24);1H. The first-order valence-corrected chi connectivity index (χ1v) is 10.4. The number of anilines is 1. The molecule has 1 saturated heterocycles. The summed E-state index contributed by atoms with van der Waals surface area (Å²) in [6.45, 7) is 8.09. The number of rotatable bonds is 6. The fourth-order valence-corrected chi connectivity index (χ4v) is 3.98. The molecule has 0 aliphatic carbocycles. The number of hydrogen-bond donors (Lipinski definition) is 2. The highest BCUT2D eigenvalue weighted by atomic mass is 127. The fraction of sp³-hybridized carbons (Fsp3) is 0.500. The highest BCUT2D eigenvalue weighted by molar-refractivity contribution is 14.0. The Bertz CT molecular complexity index is 669. The van der Waals surface area contributed by atoms with E-state index in [0.29, 0.717) is 12.0 Å². The highest BCUT2D eigenvalue weighted by Gasteiger charge is 2.20. The quantitative estimate of drug-likeness (QED) is 0.357. The van der Waals surface area contributed by atoms with Crippen molar-refractivity contribution in [3.63, 3.8) is 0 Å². The van der Waals surface area contributed by atoms with E-state index in [1.807, 2.05) is 12.3 Å². The average molecular weight is 499 g/mol. The van der Waals surface area contributed by atoms with Gasteiger partial charge in [-0.1, -0.05) is 13.0 Å². The number of aromatic nitrogens is 1. The average Bonchev–Trinajstić information content (AvgIpc) is 3.22. The lowest BCUT2D eigenvalue weighted by molar-refractivity contribution is 0.459. The van der Waals surface area contributed by atoms with E-state index in [4.69, 9.17) is 4.99 Å². The van der Waals surface area contributed by atoms with Gasteiger partial charge in [0.25, 0.3) is 0 Å². The van der Waals surface area contributed by atoms with Crippen LogP contribution in [0.25, 0.3) is 0 Å². The van der Waals surface area contributed by atoms with Gasteiger partial charge in [-0.2, -0.15) is 11.3 Å². The second-order valence-corrected chi connectivity index (χ2v) is 7.55. The van der Waals surface area contributed by atoms with Gasteiger partial charge in [0.15, 0.2) is 5.96 Å². The van der Waals surface area contributed by atoms with Crippen molar-refractivity contribution >= 4 is 47.1 Å². The third-order valence-electron chi connectivity index (χ3n) is 4.79. The summed E-state index contributed by atoms with van der Waals surface area (Å²) in [5.41, 5.74) is 1.37. The summed E-state index contributed by atoms with van der Waals surface area (Å²) in [5.74, 6) is 2.46. The van der Waals surface area contributed by atoms with Crippen LogP contribution in [0.1, 0.15) is 38.2 Å². The Labute approximate surface area is 183 Å². The van der Waals surface area contributed by atoms with Gasteiger partial charge >= 0.3 is 0 Å². The molecule has 3 heterocycles. The number of nitrogens with zero attached hydrogens (tertiary/aromatic N) is 3. The second kappa shape index (κ2) is 11.5. The zero-order valence-electron chi connectivity index (χ0n) is 16.1. The summed E-state index contributed by atoms with van der Waals surface area (Å²) < 4.78 is 0. The molecule has 1 atom stereocenters. The maximum Gasteiger partial charge on any atom is 0.191 e. The predicted octanol–water partition coefficient (Wildman–Crippen LogP) is 4.09. The fourth-order valence-electron chi connectivity index (χ4n) is 3.20. The van der Waals surface area contributed by atoms with Crippen molar-refractivity contribution in [2.75, 3.05) is 31.1 Å². The number of hydrogen-bond acceptors (Lipinski definition) is 4. The number of thiophene rings is 1. The van der Waals surface area contributed by atoms with Gasteiger partial charge in [0, 0.05) is 44.3 Å². The van der Waals surface area contributed by atoms with Gasteiger partial charge in [-0.05, 0) is 54.3 Å². The number of nitrogens with one attached hydrogen (secondary N) is 2. The first-order chi connectivity index (χ1) is 12.8. The molecule has 3 rings (SSSR count). The van der Waals surface area contributed by atoms with Crippen LogP contribution < -0.4 is 15.5 Å². The van der Waals surface area contributed by atoms with Crippen LogP contribution in [0.2, 0.25) is 0 Å². The summed E-state index contributed by atoms with van der Waals surface area (Å²) in [5, 5.41) is 11.4. The largest absolute Gasteiger partial charge is 0.357 e. The van der Waals surface area contributed by atoms with Crippen molar-refractivity contribution in [1.29, 1.82) is 0 Å². The van der Waals surface area contributed by atoms with Crippen LogP contribution in [0.15, 0.2) is 46.2 Å². The van der Waals surface area contributed by atoms with E-state index in [2.05, 4.69) is 63.3 Å². The molecular weight excluding hydrogens is 469 g/mol. The number of halogens is 1. The lowest BCUT2D eigenvalue weighted by atomic mass is 10.0. The van der Waals surface area contributed by atoms with Gasteiger partial charge in [0.05, 0.1) is 0 Å². The first kappa shape index (κ1) is 21.9. The lowest BCUT2D eigenvalue weighted by Crippen LogP contribution is -2.49. The molecule has 2 aromatic heterocycles. The Balaban J connectivity index is 0.00000261. The van der Waals surface area contributed by atoms with E-state index in [1.165, 1.54) is 5.56 Å². The summed E-state index contributed by atoms with van der Waals surface area (Å²) in [4.78, 5) is 11.6. The van der Waals surface area contributed by atoms with Crippen LogP contribution in [-0.2, 0) is 0 Å². The molecule has 5 nitrogen and oxygen atoms in total. The number of aliphatic imine (C=N–C) groups is 1. The van der Waals surface area contributed by atoms with Crippen LogP contribution >= 0.6 is 35.3 Å². The molecule has 27 heavy (non-hydrogen) atoms. The van der Waals surface area contributed by atoms with Gasteiger partial charge in [-0.15, -0.1) is 24.0 Å². The van der Waals surface area contributed by atoms with Crippen molar-refractivity contribution in [2.45, 2.75) is 38.6 Å². The van der Waals surface area contributed by atoms with Crippen molar-refractivity contribution in [3.05, 3.63) is 46.8 Å². The number of guanidine groups is 1. The van der Waals surface area contributed by atoms with Gasteiger partial charge in [0.1, 0.15) is 5.82 Å². The molecule has 2 aromatic rings. The molecular formula is C20H30IN5S. The molecule has 0 bridgehead atoms. The van der Waals surface area contributed by atoms with Crippen molar-refractivity contribution in [2.24, 2.45) is 4.99 Å². The Kier molecular flexibility index (Phi) is 9.33. The smallest absolute Gasteiger partial charge is 0.191 e. The Morgan fingerprint density at radius 2 is 2.15 bits per heavy atom. The lowest BCUT2D eigenvalue weighted by Gasteiger charge is -2.33. The highest BCUT2D eigenvalue weighted by Crippen LogP contribution is 2.19. The van der Waals surface area contributed by atoms with Gasteiger partial charge < -0.3 is 15.5 Å². The van der Waals surface area contributed by atoms with Crippen molar-refractivity contribution < 1.29 is 0 Å². The Hall–Kier alpha value is -1.35. The molecule has 2 N–H and O–H groups in total. The van der Waals surface area contributed by atoms with Crippen LogP contribution in [0.5, 0.6) is 0 Å². The summed E-state index contributed by atoms with van der Waals surface area (Å²) in [7, 11) is 0. The first-order valence-electron chi connectivity index (χ1n) is 9.49. The minimum absolute atomic E-state index is 0. The topological polar surface area (TPSA) is 52.6 Å². The van der Waals surface area contributed by atoms with Crippen molar-refractivity contribution in [1.82, 2.24) is 15.6 Å². The van der Waals surface area contributed by atoms with Gasteiger partial charge in [0.2, 0.25) is 0 Å². The molecule has 0 spiro atoms. The molecule has 148 valence electrons. The molecule has 0 aromatic carbocycles. The van der Waals surface area contributed by atoms with Crippen LogP contribution in [0.3, 0.4) is 0 Å².